The van der Waals surface area contributed by atoms with E-state index in [0.29, 0.717) is 5.56 Å². The summed E-state index contributed by atoms with van der Waals surface area (Å²) in [5, 5.41) is 12.1. The molecule has 0 aliphatic carbocycles. The molecule has 0 amide bonds. The highest BCUT2D eigenvalue weighted by atomic mass is 127. The molecular formula is C10H7IO2S. The minimum atomic E-state index is -0.0229. The summed E-state index contributed by atoms with van der Waals surface area (Å²) in [4.78, 5) is 10.8. The van der Waals surface area contributed by atoms with Crippen molar-refractivity contribution in [1.82, 2.24) is 0 Å². The third-order valence-corrected chi connectivity index (χ3v) is 4.31. The largest absolute Gasteiger partial charge is 0.392 e. The number of fused-ring (bicyclic) bond motifs is 1. The van der Waals surface area contributed by atoms with Gasteiger partial charge in [-0.05, 0) is 45.7 Å². The first kappa shape index (κ1) is 10.1. The number of aldehydes is 1. The number of aliphatic hydroxyl groups is 1. The molecule has 2 aromatic rings. The lowest BCUT2D eigenvalue weighted by molar-refractivity contribution is 0.112. The van der Waals surface area contributed by atoms with Gasteiger partial charge in [-0.15, -0.1) is 11.3 Å². The predicted molar refractivity (Wildman–Crippen MR) is 65.9 cm³/mol. The van der Waals surface area contributed by atoms with Crippen LogP contribution in [0.25, 0.3) is 10.1 Å². The Labute approximate surface area is 98.7 Å². The van der Waals surface area contributed by atoms with Crippen LogP contribution >= 0.6 is 33.9 Å². The van der Waals surface area contributed by atoms with Crippen LogP contribution in [0.1, 0.15) is 15.9 Å². The van der Waals surface area contributed by atoms with E-state index in [4.69, 9.17) is 5.11 Å². The second-order valence-corrected chi connectivity index (χ2v) is 4.87. The highest BCUT2D eigenvalue weighted by molar-refractivity contribution is 14.1. The highest BCUT2D eigenvalue weighted by Crippen LogP contribution is 2.31. The summed E-state index contributed by atoms with van der Waals surface area (Å²) in [6.07, 6.45) is 0.841. The second-order valence-electron chi connectivity index (χ2n) is 2.88. The average molecular weight is 318 g/mol. The van der Waals surface area contributed by atoms with E-state index < -0.39 is 0 Å². The van der Waals surface area contributed by atoms with Crippen LogP contribution in [0.5, 0.6) is 0 Å². The topological polar surface area (TPSA) is 37.3 Å². The third kappa shape index (κ3) is 1.47. The monoisotopic (exact) mass is 318 g/mol. The quantitative estimate of drug-likeness (QED) is 0.683. The van der Waals surface area contributed by atoms with Gasteiger partial charge in [0, 0.05) is 19.2 Å². The minimum Gasteiger partial charge on any atom is -0.392 e. The molecule has 4 heteroatoms. The molecule has 0 atom stereocenters. The van der Waals surface area contributed by atoms with Gasteiger partial charge in [0.2, 0.25) is 0 Å². The zero-order valence-corrected chi connectivity index (χ0v) is 10.1. The third-order valence-electron chi connectivity index (χ3n) is 2.07. The summed E-state index contributed by atoms with van der Waals surface area (Å²) in [7, 11) is 0. The molecule has 2 rings (SSSR count). The summed E-state index contributed by atoms with van der Waals surface area (Å²) >= 11 is 3.75. The number of aliphatic hydroxyl groups excluding tert-OH is 1. The Balaban J connectivity index is 2.86. The molecule has 0 saturated carbocycles. The van der Waals surface area contributed by atoms with Crippen molar-refractivity contribution in [2.45, 2.75) is 6.61 Å². The summed E-state index contributed by atoms with van der Waals surface area (Å²) < 4.78 is 2.04. The zero-order valence-electron chi connectivity index (χ0n) is 7.16. The van der Waals surface area contributed by atoms with Gasteiger partial charge in [-0.25, -0.2) is 0 Å². The molecule has 0 saturated heterocycles. The van der Waals surface area contributed by atoms with E-state index in [9.17, 15) is 4.79 Å². The van der Waals surface area contributed by atoms with Crippen molar-refractivity contribution in [3.63, 3.8) is 0 Å². The Morgan fingerprint density at radius 1 is 1.57 bits per heavy atom. The van der Waals surface area contributed by atoms with E-state index >= 15 is 0 Å². The maximum Gasteiger partial charge on any atom is 0.151 e. The van der Waals surface area contributed by atoms with Gasteiger partial charge in [-0.1, -0.05) is 0 Å². The SMILES string of the molecule is O=Cc1cc(CO)c(I)c2ccsc12. The van der Waals surface area contributed by atoms with Gasteiger partial charge in [0.05, 0.1) is 6.61 Å². The van der Waals surface area contributed by atoms with Gasteiger partial charge in [0.1, 0.15) is 0 Å². The van der Waals surface area contributed by atoms with Gasteiger partial charge >= 0.3 is 0 Å². The molecule has 1 aromatic carbocycles. The number of rotatable bonds is 2. The second kappa shape index (κ2) is 3.96. The summed E-state index contributed by atoms with van der Waals surface area (Å²) in [5.74, 6) is 0. The molecule has 14 heavy (non-hydrogen) atoms. The highest BCUT2D eigenvalue weighted by Gasteiger charge is 2.09. The standard InChI is InChI=1S/C10H7IO2S/c11-9-6(4-12)3-7(5-13)10-8(9)1-2-14-10/h1-3,5,12H,4H2. The number of halogens is 1. The minimum absolute atomic E-state index is 0.0229. The molecule has 72 valence electrons. The Kier molecular flexibility index (Phi) is 2.85. The molecular weight excluding hydrogens is 311 g/mol. The average Bonchev–Trinajstić information content (AvgIpc) is 2.68. The maximum absolute atomic E-state index is 10.8. The lowest BCUT2D eigenvalue weighted by Crippen LogP contribution is -1.92. The van der Waals surface area contributed by atoms with Crippen molar-refractivity contribution >= 4 is 50.3 Å². The van der Waals surface area contributed by atoms with E-state index in [0.717, 1.165) is 25.5 Å². The van der Waals surface area contributed by atoms with Crippen LogP contribution in [0.4, 0.5) is 0 Å². The molecule has 0 aliphatic heterocycles. The Bertz CT molecular complexity index is 490. The molecule has 0 unspecified atom stereocenters. The zero-order chi connectivity index (χ0) is 10.1. The van der Waals surface area contributed by atoms with Crippen LogP contribution in [0.2, 0.25) is 0 Å². The fourth-order valence-corrected chi connectivity index (χ4v) is 3.24. The fraction of sp³-hybridized carbons (Fsp3) is 0.100. The lowest BCUT2D eigenvalue weighted by Gasteiger charge is -2.04. The molecule has 0 aliphatic rings. The number of thiophene rings is 1. The van der Waals surface area contributed by atoms with Crippen LogP contribution in [0.15, 0.2) is 17.5 Å². The molecule has 1 aromatic heterocycles. The van der Waals surface area contributed by atoms with Crippen molar-refractivity contribution in [1.29, 1.82) is 0 Å². The van der Waals surface area contributed by atoms with Crippen LogP contribution in [-0.2, 0) is 6.61 Å². The first-order chi connectivity index (χ1) is 6.77. The van der Waals surface area contributed by atoms with Crippen molar-refractivity contribution < 1.29 is 9.90 Å². The van der Waals surface area contributed by atoms with Crippen LogP contribution in [-0.4, -0.2) is 11.4 Å². The number of benzene rings is 1. The fourth-order valence-electron chi connectivity index (χ4n) is 1.40. The van der Waals surface area contributed by atoms with E-state index in [1.165, 1.54) is 0 Å². The van der Waals surface area contributed by atoms with E-state index in [2.05, 4.69) is 22.6 Å². The van der Waals surface area contributed by atoms with Crippen LogP contribution in [0.3, 0.4) is 0 Å². The van der Waals surface area contributed by atoms with Crippen molar-refractivity contribution in [3.05, 3.63) is 32.2 Å². The lowest BCUT2D eigenvalue weighted by atomic mass is 10.1. The first-order valence-electron chi connectivity index (χ1n) is 4.02. The van der Waals surface area contributed by atoms with Gasteiger partial charge in [0.15, 0.2) is 6.29 Å². The molecule has 0 fully saturated rings. The van der Waals surface area contributed by atoms with Crippen LogP contribution < -0.4 is 0 Å². The van der Waals surface area contributed by atoms with Crippen LogP contribution in [0, 0.1) is 3.57 Å². The van der Waals surface area contributed by atoms with Gasteiger partial charge in [-0.2, -0.15) is 0 Å². The molecule has 1 heterocycles. The Hall–Kier alpha value is -0.460. The Morgan fingerprint density at radius 2 is 2.36 bits per heavy atom. The van der Waals surface area contributed by atoms with Crippen molar-refractivity contribution in [2.75, 3.05) is 0 Å². The molecule has 0 spiro atoms. The summed E-state index contributed by atoms with van der Waals surface area (Å²) in [6.45, 7) is -0.0229. The molecule has 0 radical (unpaired) electrons. The van der Waals surface area contributed by atoms with E-state index in [-0.39, 0.29) is 6.61 Å². The molecule has 1 N–H and O–H groups in total. The first-order valence-corrected chi connectivity index (χ1v) is 5.98. The smallest absolute Gasteiger partial charge is 0.151 e. The van der Waals surface area contributed by atoms with Crippen molar-refractivity contribution in [3.8, 4) is 0 Å². The number of hydrogen-bond acceptors (Lipinski definition) is 3. The summed E-state index contributed by atoms with van der Waals surface area (Å²) in [6, 6.07) is 3.74. The van der Waals surface area contributed by atoms with E-state index in [1.807, 2.05) is 11.4 Å². The molecule has 0 bridgehead atoms. The van der Waals surface area contributed by atoms with Gasteiger partial charge in [0.25, 0.3) is 0 Å². The number of carbonyl (C=O) groups is 1. The predicted octanol–water partition coefficient (Wildman–Crippen LogP) is 2.81. The van der Waals surface area contributed by atoms with Gasteiger partial charge in [-0.3, -0.25) is 4.79 Å². The summed E-state index contributed by atoms with van der Waals surface area (Å²) in [5.41, 5.74) is 1.48. The molecule has 2 nitrogen and oxygen atoms in total. The number of hydrogen-bond donors (Lipinski definition) is 1. The van der Waals surface area contributed by atoms with Crippen molar-refractivity contribution in [2.24, 2.45) is 0 Å². The number of carbonyl (C=O) groups excluding carboxylic acids is 1. The van der Waals surface area contributed by atoms with Gasteiger partial charge < -0.3 is 5.11 Å². The van der Waals surface area contributed by atoms with E-state index in [1.54, 1.807) is 17.4 Å². The maximum atomic E-state index is 10.8. The Morgan fingerprint density at radius 3 is 3.00 bits per heavy atom. The normalized spacial score (nSPS) is 10.7.